The van der Waals surface area contributed by atoms with Crippen molar-refractivity contribution < 1.29 is 12.8 Å². The molecule has 1 aliphatic rings. The lowest BCUT2D eigenvalue weighted by Gasteiger charge is -2.26. The van der Waals surface area contributed by atoms with Crippen LogP contribution in [0.1, 0.15) is 31.2 Å². The lowest BCUT2D eigenvalue weighted by Crippen LogP contribution is -2.36. The van der Waals surface area contributed by atoms with Crippen molar-refractivity contribution in [2.75, 3.05) is 18.1 Å². The highest BCUT2D eigenvalue weighted by atomic mass is 32.2. The van der Waals surface area contributed by atoms with Crippen molar-refractivity contribution in [1.82, 2.24) is 9.88 Å². The quantitative estimate of drug-likeness (QED) is 0.797. The number of sulfone groups is 1. The molecule has 0 spiro atoms. The molecule has 0 amide bonds. The average molecular weight is 354 g/mol. The minimum absolute atomic E-state index is 0.121. The van der Waals surface area contributed by atoms with E-state index in [4.69, 9.17) is 4.42 Å². The molecule has 126 valence electrons. The van der Waals surface area contributed by atoms with E-state index in [9.17, 15) is 8.42 Å². The SMILES string of the molecule is CCCN(Cc1csc(-c2ccc(C)o2)n1)C1CCS(=O)(=O)C1. The molecule has 0 saturated carbocycles. The van der Waals surface area contributed by atoms with E-state index in [1.807, 2.05) is 24.4 Å². The van der Waals surface area contributed by atoms with Gasteiger partial charge in [0.1, 0.15) is 5.76 Å². The molecular formula is C16H22N2O3S2. The summed E-state index contributed by atoms with van der Waals surface area (Å²) in [5, 5.41) is 2.92. The van der Waals surface area contributed by atoms with Crippen LogP contribution in [0.15, 0.2) is 21.9 Å². The molecule has 3 heterocycles. The second kappa shape index (κ2) is 6.75. The van der Waals surface area contributed by atoms with Crippen molar-refractivity contribution in [3.8, 4) is 10.8 Å². The maximum atomic E-state index is 11.7. The van der Waals surface area contributed by atoms with Crippen molar-refractivity contribution in [3.63, 3.8) is 0 Å². The first kappa shape index (κ1) is 16.7. The predicted octanol–water partition coefficient (Wildman–Crippen LogP) is 3.11. The lowest BCUT2D eigenvalue weighted by molar-refractivity contribution is 0.202. The molecule has 1 aliphatic heterocycles. The molecule has 1 saturated heterocycles. The van der Waals surface area contributed by atoms with Crippen molar-refractivity contribution >= 4 is 21.2 Å². The van der Waals surface area contributed by atoms with Crippen molar-refractivity contribution in [2.45, 2.75) is 39.3 Å². The lowest BCUT2D eigenvalue weighted by atomic mass is 10.2. The zero-order valence-corrected chi connectivity index (χ0v) is 15.1. The first-order valence-corrected chi connectivity index (χ1v) is 10.6. The molecule has 0 aromatic carbocycles. The number of rotatable bonds is 6. The van der Waals surface area contributed by atoms with Crippen LogP contribution in [-0.4, -0.2) is 42.4 Å². The summed E-state index contributed by atoms with van der Waals surface area (Å²) in [5.74, 6) is 2.26. The van der Waals surface area contributed by atoms with Crippen LogP contribution in [0.2, 0.25) is 0 Å². The van der Waals surface area contributed by atoms with Crippen molar-refractivity contribution in [3.05, 3.63) is 29.0 Å². The van der Waals surface area contributed by atoms with Crippen LogP contribution in [-0.2, 0) is 16.4 Å². The molecule has 2 aromatic heterocycles. The number of nitrogens with zero attached hydrogens (tertiary/aromatic N) is 2. The zero-order chi connectivity index (χ0) is 16.4. The monoisotopic (exact) mass is 354 g/mol. The molecule has 0 bridgehead atoms. The van der Waals surface area contributed by atoms with Gasteiger partial charge in [-0.25, -0.2) is 13.4 Å². The van der Waals surface area contributed by atoms with E-state index in [-0.39, 0.29) is 11.8 Å². The summed E-state index contributed by atoms with van der Waals surface area (Å²) >= 11 is 1.57. The van der Waals surface area contributed by atoms with Gasteiger partial charge >= 0.3 is 0 Å². The highest BCUT2D eigenvalue weighted by Crippen LogP contribution is 2.27. The third kappa shape index (κ3) is 4.02. The Morgan fingerprint density at radius 2 is 2.26 bits per heavy atom. The van der Waals surface area contributed by atoms with Gasteiger partial charge in [-0.2, -0.15) is 0 Å². The fourth-order valence-electron chi connectivity index (χ4n) is 2.99. The van der Waals surface area contributed by atoms with Gasteiger partial charge in [-0.1, -0.05) is 6.92 Å². The summed E-state index contributed by atoms with van der Waals surface area (Å²) in [4.78, 5) is 6.92. The van der Waals surface area contributed by atoms with E-state index in [1.165, 1.54) is 0 Å². The molecule has 1 atom stereocenters. The topological polar surface area (TPSA) is 63.4 Å². The number of thiazole rings is 1. The molecule has 0 N–H and O–H groups in total. The molecule has 0 aliphatic carbocycles. The fourth-order valence-corrected chi connectivity index (χ4v) is 5.52. The molecule has 3 rings (SSSR count). The summed E-state index contributed by atoms with van der Waals surface area (Å²) in [7, 11) is -2.86. The fraction of sp³-hybridized carbons (Fsp3) is 0.562. The van der Waals surface area contributed by atoms with Crippen molar-refractivity contribution in [2.24, 2.45) is 0 Å². The Balaban J connectivity index is 1.72. The summed E-state index contributed by atoms with van der Waals surface area (Å²) in [6.45, 7) is 5.63. The van der Waals surface area contributed by atoms with E-state index in [0.717, 1.165) is 41.6 Å². The normalized spacial score (nSPS) is 20.4. The number of aromatic nitrogens is 1. The number of hydrogen-bond acceptors (Lipinski definition) is 6. The minimum Gasteiger partial charge on any atom is -0.459 e. The van der Waals surface area contributed by atoms with Gasteiger partial charge in [0.2, 0.25) is 0 Å². The summed E-state index contributed by atoms with van der Waals surface area (Å²) in [5.41, 5.74) is 0.983. The maximum absolute atomic E-state index is 11.7. The molecule has 1 unspecified atom stereocenters. The Labute approximate surface area is 141 Å². The molecule has 7 heteroatoms. The minimum atomic E-state index is -2.86. The van der Waals surface area contributed by atoms with Gasteiger partial charge in [-0.05, 0) is 38.4 Å². The Bertz CT molecular complexity index is 764. The predicted molar refractivity (Wildman–Crippen MR) is 92.3 cm³/mol. The van der Waals surface area contributed by atoms with Crippen LogP contribution >= 0.6 is 11.3 Å². The Morgan fingerprint density at radius 1 is 1.43 bits per heavy atom. The second-order valence-electron chi connectivity index (χ2n) is 6.08. The summed E-state index contributed by atoms with van der Waals surface area (Å²) < 4.78 is 29.1. The summed E-state index contributed by atoms with van der Waals surface area (Å²) in [6, 6.07) is 3.99. The van der Waals surface area contributed by atoms with Gasteiger partial charge < -0.3 is 4.42 Å². The van der Waals surface area contributed by atoms with Gasteiger partial charge in [0.15, 0.2) is 20.6 Å². The van der Waals surface area contributed by atoms with Crippen LogP contribution in [0.4, 0.5) is 0 Å². The van der Waals surface area contributed by atoms with Gasteiger partial charge in [0, 0.05) is 18.0 Å². The van der Waals surface area contributed by atoms with Gasteiger partial charge in [-0.3, -0.25) is 4.90 Å². The van der Waals surface area contributed by atoms with Crippen LogP contribution in [0.5, 0.6) is 0 Å². The highest BCUT2D eigenvalue weighted by Gasteiger charge is 2.32. The molecular weight excluding hydrogens is 332 g/mol. The Hall–Kier alpha value is -1.18. The molecule has 23 heavy (non-hydrogen) atoms. The van der Waals surface area contributed by atoms with Gasteiger partial charge in [-0.15, -0.1) is 11.3 Å². The third-order valence-electron chi connectivity index (χ3n) is 4.10. The van der Waals surface area contributed by atoms with Crippen LogP contribution in [0.25, 0.3) is 10.8 Å². The standard InChI is InChI=1S/C16H22N2O3S2/c1-3-7-18(14-6-8-23(19,20)11-14)9-13-10-22-16(17-13)15-5-4-12(2)21-15/h4-5,10,14H,3,6-9,11H2,1-2H3. The average Bonchev–Trinajstić information content (AvgIpc) is 3.18. The number of furan rings is 1. The van der Waals surface area contributed by atoms with E-state index in [1.54, 1.807) is 11.3 Å². The largest absolute Gasteiger partial charge is 0.459 e. The smallest absolute Gasteiger partial charge is 0.162 e. The zero-order valence-electron chi connectivity index (χ0n) is 13.5. The van der Waals surface area contributed by atoms with Crippen molar-refractivity contribution in [1.29, 1.82) is 0 Å². The van der Waals surface area contributed by atoms with Gasteiger partial charge in [0.25, 0.3) is 0 Å². The molecule has 5 nitrogen and oxygen atoms in total. The van der Waals surface area contributed by atoms with Gasteiger partial charge in [0.05, 0.1) is 17.2 Å². The van der Waals surface area contributed by atoms with Crippen LogP contribution < -0.4 is 0 Å². The van der Waals surface area contributed by atoms with E-state index in [2.05, 4.69) is 16.8 Å². The number of aryl methyl sites for hydroxylation is 1. The Kier molecular flexibility index (Phi) is 4.89. The van der Waals surface area contributed by atoms with Crippen LogP contribution in [0, 0.1) is 6.92 Å². The second-order valence-corrected chi connectivity index (χ2v) is 9.17. The first-order chi connectivity index (χ1) is 11.0. The maximum Gasteiger partial charge on any atom is 0.162 e. The summed E-state index contributed by atoms with van der Waals surface area (Å²) in [6.07, 6.45) is 1.74. The molecule has 0 radical (unpaired) electrons. The number of hydrogen-bond donors (Lipinski definition) is 0. The van der Waals surface area contributed by atoms with Crippen LogP contribution in [0.3, 0.4) is 0 Å². The van der Waals surface area contributed by atoms with E-state index in [0.29, 0.717) is 12.3 Å². The third-order valence-corrected chi connectivity index (χ3v) is 6.76. The molecule has 1 fully saturated rings. The molecule has 2 aromatic rings. The first-order valence-electron chi connectivity index (χ1n) is 7.92. The van der Waals surface area contributed by atoms with E-state index >= 15 is 0 Å². The van der Waals surface area contributed by atoms with E-state index < -0.39 is 9.84 Å². The highest BCUT2D eigenvalue weighted by molar-refractivity contribution is 7.91. The Morgan fingerprint density at radius 3 is 2.87 bits per heavy atom.